The first kappa shape index (κ1) is 23.4. The van der Waals surface area contributed by atoms with E-state index in [9.17, 15) is 0 Å². The van der Waals surface area contributed by atoms with E-state index < -0.39 is 0 Å². The van der Waals surface area contributed by atoms with E-state index in [1.54, 1.807) is 7.11 Å². The zero-order valence-corrected chi connectivity index (χ0v) is 19.6. The summed E-state index contributed by atoms with van der Waals surface area (Å²) in [6, 6.07) is 6.34. The van der Waals surface area contributed by atoms with E-state index in [1.807, 2.05) is 24.9 Å². The lowest BCUT2D eigenvalue weighted by atomic mass is 9.99. The molecule has 0 saturated carbocycles. The van der Waals surface area contributed by atoms with E-state index in [2.05, 4.69) is 47.9 Å². The topological polar surface area (TPSA) is 54.9 Å². The summed E-state index contributed by atoms with van der Waals surface area (Å²) in [5.41, 5.74) is 2.35. The number of aryl methyl sites for hydroxylation is 1. The van der Waals surface area contributed by atoms with Crippen LogP contribution in [-0.2, 0) is 4.74 Å². The van der Waals surface area contributed by atoms with Crippen LogP contribution in [0.1, 0.15) is 36.9 Å². The Labute approximate surface area is 179 Å². The lowest BCUT2D eigenvalue weighted by Gasteiger charge is -2.36. The lowest BCUT2D eigenvalue weighted by Crippen LogP contribution is -2.48. The van der Waals surface area contributed by atoms with Crippen molar-refractivity contribution in [1.82, 2.24) is 10.6 Å². The second-order valence-electron chi connectivity index (χ2n) is 6.54. The number of benzene rings is 1. The fourth-order valence-corrected chi connectivity index (χ4v) is 3.90. The van der Waals surface area contributed by atoms with Crippen molar-refractivity contribution < 1.29 is 9.47 Å². The molecule has 0 bridgehead atoms. The predicted octanol–water partition coefficient (Wildman–Crippen LogP) is 3.76. The highest BCUT2D eigenvalue weighted by Crippen LogP contribution is 2.33. The van der Waals surface area contributed by atoms with Crippen LogP contribution in [0.3, 0.4) is 0 Å². The molecule has 1 atom stereocenters. The molecule has 1 aliphatic heterocycles. The van der Waals surface area contributed by atoms with Crippen molar-refractivity contribution in [2.24, 2.45) is 4.99 Å². The molecule has 1 heterocycles. The van der Waals surface area contributed by atoms with Gasteiger partial charge in [0, 0.05) is 37.1 Å². The van der Waals surface area contributed by atoms with Crippen LogP contribution in [0.25, 0.3) is 0 Å². The van der Waals surface area contributed by atoms with Gasteiger partial charge < -0.3 is 20.1 Å². The fourth-order valence-electron chi connectivity index (χ4n) is 3.11. The molecule has 0 radical (unpaired) electrons. The molecule has 7 heteroatoms. The van der Waals surface area contributed by atoms with E-state index >= 15 is 0 Å². The summed E-state index contributed by atoms with van der Waals surface area (Å²) >= 11 is 1.92. The van der Waals surface area contributed by atoms with E-state index in [-0.39, 0.29) is 34.8 Å². The normalized spacial score (nSPS) is 17.8. The zero-order chi connectivity index (χ0) is 18.3. The van der Waals surface area contributed by atoms with Gasteiger partial charge in [-0.15, -0.1) is 24.0 Å². The maximum absolute atomic E-state index is 5.52. The van der Waals surface area contributed by atoms with Gasteiger partial charge >= 0.3 is 0 Å². The van der Waals surface area contributed by atoms with Crippen molar-refractivity contribution >= 4 is 41.7 Å². The third-order valence-corrected chi connectivity index (χ3v) is 6.26. The minimum Gasteiger partial charge on any atom is -0.496 e. The van der Waals surface area contributed by atoms with Crippen LogP contribution in [0.5, 0.6) is 5.75 Å². The molecule has 1 fully saturated rings. The molecule has 1 unspecified atom stereocenters. The van der Waals surface area contributed by atoms with Crippen LogP contribution in [0.15, 0.2) is 23.2 Å². The number of ether oxygens (including phenoxy) is 2. The first-order chi connectivity index (χ1) is 12.0. The monoisotopic (exact) mass is 493 g/mol. The predicted molar refractivity (Wildman–Crippen MR) is 122 cm³/mol. The highest BCUT2D eigenvalue weighted by Gasteiger charge is 2.32. The SMILES string of the molecule is CN=C(NCC1(SC)CCOCC1)NC(C)c1cc(C)ccc1OC.I. The van der Waals surface area contributed by atoms with Gasteiger partial charge in [-0.25, -0.2) is 0 Å². The number of rotatable bonds is 6. The van der Waals surface area contributed by atoms with Crippen LogP contribution in [0.4, 0.5) is 0 Å². The number of aliphatic imine (C=N–C) groups is 1. The minimum atomic E-state index is 0. The minimum absolute atomic E-state index is 0. The quantitative estimate of drug-likeness (QED) is 0.359. The van der Waals surface area contributed by atoms with Crippen molar-refractivity contribution in [2.75, 3.05) is 40.2 Å². The second kappa shape index (κ2) is 11.2. The number of hydrogen-bond donors (Lipinski definition) is 2. The van der Waals surface area contributed by atoms with Gasteiger partial charge in [0.2, 0.25) is 0 Å². The molecule has 0 aliphatic carbocycles. The Balaban J connectivity index is 0.00000338. The number of hydrogen-bond acceptors (Lipinski definition) is 4. The number of thioether (sulfide) groups is 1. The fraction of sp³-hybridized carbons (Fsp3) is 0.632. The molecule has 2 rings (SSSR count). The third-order valence-electron chi connectivity index (χ3n) is 4.84. The van der Waals surface area contributed by atoms with Crippen LogP contribution in [0, 0.1) is 6.92 Å². The van der Waals surface area contributed by atoms with Gasteiger partial charge in [-0.2, -0.15) is 11.8 Å². The van der Waals surface area contributed by atoms with Gasteiger partial charge in [-0.05, 0) is 39.0 Å². The summed E-state index contributed by atoms with van der Waals surface area (Å²) in [5.74, 6) is 1.71. The van der Waals surface area contributed by atoms with Crippen molar-refractivity contribution in [3.05, 3.63) is 29.3 Å². The Hall–Kier alpha value is -0.670. The zero-order valence-electron chi connectivity index (χ0n) is 16.4. The van der Waals surface area contributed by atoms with Crippen LogP contribution in [-0.4, -0.2) is 50.9 Å². The van der Waals surface area contributed by atoms with Gasteiger partial charge in [0.25, 0.3) is 0 Å². The Morgan fingerprint density at radius 3 is 2.65 bits per heavy atom. The van der Waals surface area contributed by atoms with Crippen molar-refractivity contribution in [2.45, 2.75) is 37.5 Å². The van der Waals surface area contributed by atoms with Gasteiger partial charge in [0.15, 0.2) is 5.96 Å². The number of guanidine groups is 1. The van der Waals surface area contributed by atoms with E-state index in [0.717, 1.165) is 49.9 Å². The molecular weight excluding hydrogens is 461 g/mol. The van der Waals surface area contributed by atoms with E-state index in [0.29, 0.717) is 0 Å². The van der Waals surface area contributed by atoms with E-state index in [1.165, 1.54) is 5.56 Å². The average Bonchev–Trinajstić information content (AvgIpc) is 2.65. The molecule has 0 aromatic heterocycles. The summed E-state index contributed by atoms with van der Waals surface area (Å²) in [4.78, 5) is 4.39. The molecule has 2 N–H and O–H groups in total. The Bertz CT molecular complexity index is 592. The largest absolute Gasteiger partial charge is 0.496 e. The number of nitrogens with zero attached hydrogens (tertiary/aromatic N) is 1. The van der Waals surface area contributed by atoms with Gasteiger partial charge in [0.05, 0.1) is 13.2 Å². The molecule has 1 aromatic rings. The third kappa shape index (κ3) is 6.20. The molecule has 0 amide bonds. The molecular formula is C19H32IN3O2S. The Kier molecular flexibility index (Phi) is 10.1. The Morgan fingerprint density at radius 1 is 1.38 bits per heavy atom. The van der Waals surface area contributed by atoms with Crippen molar-refractivity contribution in [1.29, 1.82) is 0 Å². The van der Waals surface area contributed by atoms with Gasteiger partial charge in [0.1, 0.15) is 5.75 Å². The highest BCUT2D eigenvalue weighted by molar-refractivity contribution is 14.0. The maximum atomic E-state index is 5.52. The smallest absolute Gasteiger partial charge is 0.191 e. The lowest BCUT2D eigenvalue weighted by molar-refractivity contribution is 0.0782. The summed E-state index contributed by atoms with van der Waals surface area (Å²) in [5, 5.41) is 6.99. The summed E-state index contributed by atoms with van der Waals surface area (Å²) in [7, 11) is 3.52. The van der Waals surface area contributed by atoms with Crippen LogP contribution < -0.4 is 15.4 Å². The summed E-state index contributed by atoms with van der Waals surface area (Å²) < 4.78 is 11.2. The van der Waals surface area contributed by atoms with Gasteiger partial charge in [-0.3, -0.25) is 4.99 Å². The average molecular weight is 493 g/mol. The van der Waals surface area contributed by atoms with Crippen LogP contribution in [0.2, 0.25) is 0 Å². The highest BCUT2D eigenvalue weighted by atomic mass is 127. The van der Waals surface area contributed by atoms with Gasteiger partial charge in [-0.1, -0.05) is 17.7 Å². The van der Waals surface area contributed by atoms with Crippen molar-refractivity contribution in [3.8, 4) is 5.75 Å². The number of nitrogens with one attached hydrogen (secondary N) is 2. The standard InChI is InChI=1S/C19H31N3O2S.HI/c1-14-6-7-17(23-4)16(12-14)15(2)22-18(20-3)21-13-19(25-5)8-10-24-11-9-19;/h6-7,12,15H,8-11,13H2,1-5H3,(H2,20,21,22);1H. The molecule has 5 nitrogen and oxygen atoms in total. The molecule has 148 valence electrons. The molecule has 1 saturated heterocycles. The van der Waals surface area contributed by atoms with Crippen molar-refractivity contribution in [3.63, 3.8) is 0 Å². The first-order valence-electron chi connectivity index (χ1n) is 8.78. The molecule has 1 aliphatic rings. The van der Waals surface area contributed by atoms with E-state index in [4.69, 9.17) is 9.47 Å². The Morgan fingerprint density at radius 2 is 2.08 bits per heavy atom. The molecule has 1 aromatic carbocycles. The second-order valence-corrected chi connectivity index (χ2v) is 7.81. The number of methoxy groups -OCH3 is 1. The summed E-state index contributed by atoms with van der Waals surface area (Å²) in [6.07, 6.45) is 4.32. The van der Waals surface area contributed by atoms with Crippen LogP contribution >= 0.6 is 35.7 Å². The molecule has 0 spiro atoms. The molecule has 26 heavy (non-hydrogen) atoms. The summed E-state index contributed by atoms with van der Waals surface area (Å²) in [6.45, 7) is 6.78. The first-order valence-corrected chi connectivity index (χ1v) is 10.0. The number of halogens is 1. The maximum Gasteiger partial charge on any atom is 0.191 e.